The highest BCUT2D eigenvalue weighted by molar-refractivity contribution is 6.40. The van der Waals surface area contributed by atoms with Gasteiger partial charge < -0.3 is 18.7 Å². The van der Waals surface area contributed by atoms with Crippen molar-refractivity contribution in [2.75, 3.05) is 7.11 Å². The molecule has 3 rings (SSSR count). The number of aryl methyl sites for hydroxylation is 2. The van der Waals surface area contributed by atoms with E-state index in [-0.39, 0.29) is 0 Å². The molecule has 1 N–H and O–H groups in total. The van der Waals surface area contributed by atoms with Gasteiger partial charge in [-0.05, 0) is 26.0 Å². The van der Waals surface area contributed by atoms with Crippen molar-refractivity contribution < 1.29 is 23.5 Å². The summed E-state index contributed by atoms with van der Waals surface area (Å²) in [6.07, 6.45) is -1.47. The molecule has 0 radical (unpaired) electrons. The highest BCUT2D eigenvalue weighted by Crippen LogP contribution is 2.41. The molecule has 0 aliphatic heterocycles. The molecule has 0 aliphatic rings. The third-order valence-electron chi connectivity index (χ3n) is 3.38. The highest BCUT2D eigenvalue weighted by Gasteiger charge is 2.28. The number of ether oxygens (including phenoxy) is 1. The molecule has 0 amide bonds. The second kappa shape index (κ2) is 4.79. The maximum Gasteiger partial charge on any atom is 0.339 e. The molecule has 1 unspecified atom stereocenters. The number of furan rings is 2. The normalized spacial score (nSPS) is 13.0. The summed E-state index contributed by atoms with van der Waals surface area (Å²) in [6, 6.07) is 3.45. The van der Waals surface area contributed by atoms with Gasteiger partial charge in [-0.1, -0.05) is 11.6 Å². The summed E-state index contributed by atoms with van der Waals surface area (Å²) >= 11 is 6.34. The van der Waals surface area contributed by atoms with Crippen molar-refractivity contribution in [3.05, 3.63) is 34.2 Å². The van der Waals surface area contributed by atoms with Gasteiger partial charge in [0.15, 0.2) is 11.7 Å². The summed E-state index contributed by atoms with van der Waals surface area (Å²) in [5.41, 5.74) is 1.09. The van der Waals surface area contributed by atoms with E-state index in [1.54, 1.807) is 26.0 Å². The Morgan fingerprint density at radius 1 is 1.19 bits per heavy atom. The number of esters is 1. The second-order valence-electron chi connectivity index (χ2n) is 4.85. The van der Waals surface area contributed by atoms with Gasteiger partial charge in [0.1, 0.15) is 17.1 Å². The van der Waals surface area contributed by atoms with E-state index in [1.807, 2.05) is 0 Å². The van der Waals surface area contributed by atoms with Gasteiger partial charge >= 0.3 is 5.97 Å². The van der Waals surface area contributed by atoms with E-state index in [0.717, 1.165) is 0 Å². The maximum absolute atomic E-state index is 11.7. The van der Waals surface area contributed by atoms with Gasteiger partial charge in [-0.15, -0.1) is 0 Å². The van der Waals surface area contributed by atoms with E-state index in [2.05, 4.69) is 4.74 Å². The number of hydrogen-bond donors (Lipinski definition) is 1. The number of carbonyl (C=O) groups is 1. The smallest absolute Gasteiger partial charge is 0.339 e. The van der Waals surface area contributed by atoms with E-state index in [1.165, 1.54) is 7.11 Å². The summed E-state index contributed by atoms with van der Waals surface area (Å²) in [6.45, 7) is 3.52. The molecule has 3 aromatic rings. The van der Waals surface area contributed by atoms with Crippen molar-refractivity contribution in [3.8, 4) is 0 Å². The van der Waals surface area contributed by atoms with Crippen LogP contribution in [0.1, 0.15) is 23.2 Å². The van der Waals surface area contributed by atoms with E-state index in [4.69, 9.17) is 20.4 Å². The minimum atomic E-state index is -1.47. The fourth-order valence-corrected chi connectivity index (χ4v) is 2.78. The molecule has 0 saturated heterocycles. The van der Waals surface area contributed by atoms with E-state index >= 15 is 0 Å². The van der Waals surface area contributed by atoms with Gasteiger partial charge in [0, 0.05) is 16.3 Å². The van der Waals surface area contributed by atoms with Gasteiger partial charge in [-0.3, -0.25) is 0 Å². The summed E-state index contributed by atoms with van der Waals surface area (Å²) in [7, 11) is 1.21. The lowest BCUT2D eigenvalue weighted by molar-refractivity contribution is -0.150. The Labute approximate surface area is 125 Å². The Balaban J connectivity index is 2.47. The van der Waals surface area contributed by atoms with Crippen LogP contribution in [0.3, 0.4) is 0 Å². The molecular formula is C15H13ClO5. The van der Waals surface area contributed by atoms with Crippen LogP contribution in [0.25, 0.3) is 21.9 Å². The number of carbonyl (C=O) groups excluding carboxylic acids is 1. The van der Waals surface area contributed by atoms with Crippen LogP contribution >= 0.6 is 11.6 Å². The Kier molecular flexibility index (Phi) is 3.19. The number of fused-ring (bicyclic) bond motifs is 2. The molecule has 21 heavy (non-hydrogen) atoms. The molecule has 1 aromatic carbocycles. The first-order chi connectivity index (χ1) is 9.93. The topological polar surface area (TPSA) is 72.8 Å². The van der Waals surface area contributed by atoms with Crippen LogP contribution in [0.15, 0.2) is 21.0 Å². The molecule has 0 spiro atoms. The quantitative estimate of drug-likeness (QED) is 0.731. The third kappa shape index (κ3) is 2.01. The lowest BCUT2D eigenvalue weighted by Crippen LogP contribution is -2.14. The molecular weight excluding hydrogens is 296 g/mol. The van der Waals surface area contributed by atoms with Gasteiger partial charge in [0.25, 0.3) is 0 Å². The Morgan fingerprint density at radius 2 is 1.76 bits per heavy atom. The lowest BCUT2D eigenvalue weighted by Gasteiger charge is -2.11. The van der Waals surface area contributed by atoms with Crippen molar-refractivity contribution in [2.24, 2.45) is 0 Å². The van der Waals surface area contributed by atoms with Crippen LogP contribution in [0.2, 0.25) is 5.02 Å². The van der Waals surface area contributed by atoms with Crippen LogP contribution in [0.5, 0.6) is 0 Å². The average Bonchev–Trinajstić information content (AvgIpc) is 3.01. The van der Waals surface area contributed by atoms with E-state index in [9.17, 15) is 9.90 Å². The van der Waals surface area contributed by atoms with Gasteiger partial charge in [0.05, 0.1) is 12.1 Å². The molecule has 2 aromatic heterocycles. The Morgan fingerprint density at radius 3 is 2.38 bits per heavy atom. The predicted octanol–water partition coefficient (Wildman–Crippen LogP) is 3.66. The molecule has 5 nitrogen and oxygen atoms in total. The van der Waals surface area contributed by atoms with Crippen molar-refractivity contribution >= 4 is 39.5 Å². The Bertz CT molecular complexity index is 800. The zero-order chi connectivity index (χ0) is 15.3. The Hall–Kier alpha value is -1.98. The molecule has 0 aliphatic carbocycles. The fourth-order valence-electron chi connectivity index (χ4n) is 2.50. The first kappa shape index (κ1) is 14.0. The summed E-state index contributed by atoms with van der Waals surface area (Å²) in [5, 5.41) is 11.8. The largest absolute Gasteiger partial charge is 0.467 e. The number of halogens is 1. The number of methoxy groups -OCH3 is 1. The maximum atomic E-state index is 11.7. The van der Waals surface area contributed by atoms with Crippen molar-refractivity contribution in [3.63, 3.8) is 0 Å². The molecule has 1 atom stereocenters. The van der Waals surface area contributed by atoms with Crippen molar-refractivity contribution in [1.82, 2.24) is 0 Å². The summed E-state index contributed by atoms with van der Waals surface area (Å²) < 4.78 is 15.8. The van der Waals surface area contributed by atoms with Crippen molar-refractivity contribution in [1.29, 1.82) is 0 Å². The SMILES string of the molecule is COC(=O)C(O)c1c2cc(C)oc2c(Cl)c2cc(C)oc12. The van der Waals surface area contributed by atoms with Crippen LogP contribution in [0, 0.1) is 13.8 Å². The van der Waals surface area contributed by atoms with Crippen LogP contribution < -0.4 is 0 Å². The first-order valence-corrected chi connectivity index (χ1v) is 6.69. The monoisotopic (exact) mass is 308 g/mol. The predicted molar refractivity (Wildman–Crippen MR) is 77.4 cm³/mol. The number of rotatable bonds is 2. The van der Waals surface area contributed by atoms with Crippen molar-refractivity contribution in [2.45, 2.75) is 20.0 Å². The van der Waals surface area contributed by atoms with Gasteiger partial charge in [-0.25, -0.2) is 4.79 Å². The zero-order valence-corrected chi connectivity index (χ0v) is 12.4. The number of aliphatic hydroxyl groups is 1. The second-order valence-corrected chi connectivity index (χ2v) is 5.23. The molecule has 0 saturated carbocycles. The molecule has 6 heteroatoms. The molecule has 110 valence electrons. The molecule has 0 bridgehead atoms. The fraction of sp³-hybridized carbons (Fsp3) is 0.267. The highest BCUT2D eigenvalue weighted by atomic mass is 35.5. The lowest BCUT2D eigenvalue weighted by atomic mass is 10.0. The van der Waals surface area contributed by atoms with Crippen LogP contribution in [-0.2, 0) is 9.53 Å². The minimum absolute atomic E-state index is 0.307. The van der Waals surface area contributed by atoms with Gasteiger partial charge in [0.2, 0.25) is 0 Å². The summed E-state index contributed by atoms with van der Waals surface area (Å²) in [4.78, 5) is 11.7. The zero-order valence-electron chi connectivity index (χ0n) is 11.7. The van der Waals surface area contributed by atoms with E-state index in [0.29, 0.717) is 44.0 Å². The number of aliphatic hydroxyl groups excluding tert-OH is 1. The molecule has 2 heterocycles. The van der Waals surface area contributed by atoms with Crippen LogP contribution in [0.4, 0.5) is 0 Å². The minimum Gasteiger partial charge on any atom is -0.467 e. The third-order valence-corrected chi connectivity index (χ3v) is 3.75. The summed E-state index contributed by atoms with van der Waals surface area (Å²) in [5.74, 6) is 0.469. The molecule has 0 fully saturated rings. The van der Waals surface area contributed by atoms with E-state index < -0.39 is 12.1 Å². The average molecular weight is 309 g/mol. The van der Waals surface area contributed by atoms with Gasteiger partial charge in [-0.2, -0.15) is 0 Å². The van der Waals surface area contributed by atoms with Crippen LogP contribution in [-0.4, -0.2) is 18.2 Å². The number of hydrogen-bond acceptors (Lipinski definition) is 5. The first-order valence-electron chi connectivity index (χ1n) is 6.31. The number of benzene rings is 1. The standard InChI is InChI=1S/C15H13ClO5/c1-6-4-8-10(12(17)15(18)19-3)13-9(5-7(2)20-13)11(16)14(8)21-6/h4-5,12,17H,1-3H3.